The van der Waals surface area contributed by atoms with E-state index in [1.807, 2.05) is 0 Å². The highest BCUT2D eigenvalue weighted by atomic mass is 35.6. The Bertz CT molecular complexity index is 104. The summed E-state index contributed by atoms with van der Waals surface area (Å²) in [6.45, 7) is 0. The van der Waals surface area contributed by atoms with Crippen molar-refractivity contribution in [3.63, 3.8) is 0 Å². The van der Waals surface area contributed by atoms with Gasteiger partial charge < -0.3 is 4.90 Å². The molecule has 0 aromatic heterocycles. The Balaban J connectivity index is 3.59. The second-order valence-corrected chi connectivity index (χ2v) is 14.2. The van der Waals surface area contributed by atoms with Gasteiger partial charge in [-0.05, 0) is 0 Å². The summed E-state index contributed by atoms with van der Waals surface area (Å²) < 4.78 is 0. The molecule has 48 valence electrons. The van der Waals surface area contributed by atoms with E-state index < -0.39 is 6.42 Å². The molecule has 0 saturated carbocycles. The standard InChI is InChI=1S/C3H6ClNOSi3/c1-5(2-6)3-9(4,7)8/h2H,3H2,1H3. The van der Waals surface area contributed by atoms with Crippen molar-refractivity contribution < 1.29 is 4.79 Å². The summed E-state index contributed by atoms with van der Waals surface area (Å²) >= 11 is 5.77. The minimum Gasteiger partial charge on any atom is -0.350 e. The molecule has 0 heterocycles. The van der Waals surface area contributed by atoms with E-state index in [-0.39, 0.29) is 0 Å². The number of hydrogen-bond acceptors (Lipinski definition) is 1. The van der Waals surface area contributed by atoms with Gasteiger partial charge in [-0.25, -0.2) is 0 Å². The second-order valence-electron chi connectivity index (χ2n) is 1.82. The Hall–Kier alpha value is 0.411. The third kappa shape index (κ3) is 6.29. The quantitative estimate of drug-likeness (QED) is 0.323. The average Bonchev–Trinajstić information content (AvgIpc) is 1.62. The first-order valence-corrected chi connectivity index (χ1v) is 8.52. The third-order valence-corrected chi connectivity index (χ3v) is 2.89. The van der Waals surface area contributed by atoms with Crippen LogP contribution in [0, 0.1) is 0 Å². The zero-order valence-corrected chi connectivity index (χ0v) is 8.77. The minimum absolute atomic E-state index is 0.547. The fourth-order valence-electron chi connectivity index (χ4n) is 0.381. The number of hydrogen-bond donors (Lipinski definition) is 0. The molecule has 0 fully saturated rings. The molecule has 0 aliphatic rings. The molecular weight excluding hydrogens is 186 g/mol. The summed E-state index contributed by atoms with van der Waals surface area (Å²) in [6.07, 6.45) is -0.675. The molecule has 0 atom stereocenters. The molecular formula is C3H6ClNOSi3. The lowest BCUT2D eigenvalue weighted by atomic mass is 11.0. The number of halogens is 1. The molecule has 0 rings (SSSR count). The van der Waals surface area contributed by atoms with Gasteiger partial charge in [-0.1, -0.05) is 0 Å². The molecule has 0 aliphatic heterocycles. The lowest BCUT2D eigenvalue weighted by Gasteiger charge is -2.18. The predicted molar refractivity (Wildman–Crippen MR) is 41.8 cm³/mol. The first kappa shape index (κ1) is 9.41. The maximum Gasteiger partial charge on any atom is 0.209 e. The Morgan fingerprint density at radius 1 is 1.78 bits per heavy atom. The second kappa shape index (κ2) is 3.55. The zero-order valence-electron chi connectivity index (χ0n) is 5.02. The topological polar surface area (TPSA) is 20.3 Å². The van der Waals surface area contributed by atoms with Crippen LogP contribution in [-0.2, 0) is 4.79 Å². The van der Waals surface area contributed by atoms with Gasteiger partial charge in [-0.15, -0.1) is 0 Å². The first-order chi connectivity index (χ1) is 3.95. The van der Waals surface area contributed by atoms with Gasteiger partial charge in [-0.3, -0.25) is 4.79 Å². The fraction of sp³-hybridized carbons (Fsp3) is 0.667. The molecule has 1 amide bonds. The van der Waals surface area contributed by atoms with E-state index in [2.05, 4.69) is 19.5 Å². The highest BCUT2D eigenvalue weighted by Gasteiger charge is 2.18. The predicted octanol–water partition coefficient (Wildman–Crippen LogP) is -0.872. The van der Waals surface area contributed by atoms with Crippen molar-refractivity contribution >= 4 is 43.4 Å². The number of carbonyl (C=O) groups excluding carboxylic acids is 1. The molecule has 6 radical (unpaired) electrons. The van der Waals surface area contributed by atoms with Crippen molar-refractivity contribution in [3.8, 4) is 0 Å². The van der Waals surface area contributed by atoms with Gasteiger partial charge in [0.2, 0.25) is 6.41 Å². The molecule has 0 aromatic rings. The van der Waals surface area contributed by atoms with E-state index in [4.69, 9.17) is 11.1 Å². The normalized spacial score (nSPS) is 11.1. The molecule has 0 aliphatic carbocycles. The molecule has 0 bridgehead atoms. The van der Waals surface area contributed by atoms with E-state index in [0.717, 1.165) is 6.41 Å². The number of nitrogens with zero attached hydrogens (tertiary/aromatic N) is 1. The Kier molecular flexibility index (Phi) is 3.71. The summed E-state index contributed by atoms with van der Waals surface area (Å²) in [5.41, 5.74) is 0. The van der Waals surface area contributed by atoms with Crippen molar-refractivity contribution in [2.45, 2.75) is 0 Å². The summed E-state index contributed by atoms with van der Waals surface area (Å²) in [6, 6.07) is 0. The van der Waals surface area contributed by atoms with Gasteiger partial charge in [0.05, 0.1) is 0 Å². The van der Waals surface area contributed by atoms with Crippen LogP contribution in [0.15, 0.2) is 0 Å². The van der Waals surface area contributed by atoms with Crippen LogP contribution in [0.1, 0.15) is 0 Å². The molecule has 0 saturated heterocycles. The Morgan fingerprint density at radius 3 is 2.33 bits per heavy atom. The van der Waals surface area contributed by atoms with Crippen molar-refractivity contribution in [2.75, 3.05) is 13.2 Å². The molecule has 2 nitrogen and oxygen atoms in total. The summed E-state index contributed by atoms with van der Waals surface area (Å²) in [4.78, 5) is 11.5. The molecule has 0 N–H and O–H groups in total. The van der Waals surface area contributed by atoms with E-state index in [9.17, 15) is 4.79 Å². The Morgan fingerprint density at radius 2 is 2.22 bits per heavy atom. The number of rotatable bonds is 3. The summed E-state index contributed by atoms with van der Waals surface area (Å²) in [5.74, 6) is 0. The zero-order chi connectivity index (χ0) is 7.49. The molecule has 0 unspecified atom stereocenters. The van der Waals surface area contributed by atoms with Crippen molar-refractivity contribution in [2.24, 2.45) is 0 Å². The van der Waals surface area contributed by atoms with Gasteiger partial charge >= 0.3 is 0 Å². The van der Waals surface area contributed by atoms with Crippen LogP contribution in [0.3, 0.4) is 0 Å². The SMILES string of the molecule is CN(C=O)C[Si]([Si])([Si])Cl. The van der Waals surface area contributed by atoms with Crippen LogP contribution in [0.5, 0.6) is 0 Å². The average molecular weight is 192 g/mol. The van der Waals surface area contributed by atoms with Crippen LogP contribution in [0.25, 0.3) is 0 Å². The fourth-order valence-corrected chi connectivity index (χ4v) is 3.20. The summed E-state index contributed by atoms with van der Waals surface area (Å²) in [7, 11) is 8.25. The van der Waals surface area contributed by atoms with Crippen LogP contribution in [0.4, 0.5) is 0 Å². The molecule has 0 spiro atoms. The van der Waals surface area contributed by atoms with Gasteiger partial charge in [0.1, 0.15) is 6.42 Å². The van der Waals surface area contributed by atoms with E-state index >= 15 is 0 Å². The number of carbonyl (C=O) groups is 1. The monoisotopic (exact) mass is 191 g/mol. The first-order valence-electron chi connectivity index (χ1n) is 2.30. The molecule has 9 heavy (non-hydrogen) atoms. The van der Waals surface area contributed by atoms with Crippen LogP contribution in [-0.4, -0.2) is 50.5 Å². The van der Waals surface area contributed by atoms with Crippen molar-refractivity contribution in [3.05, 3.63) is 0 Å². The van der Waals surface area contributed by atoms with Crippen molar-refractivity contribution in [1.82, 2.24) is 4.90 Å². The van der Waals surface area contributed by atoms with Crippen LogP contribution in [0.2, 0.25) is 0 Å². The lowest BCUT2D eigenvalue weighted by Crippen LogP contribution is -2.42. The van der Waals surface area contributed by atoms with E-state index in [1.54, 1.807) is 7.05 Å². The van der Waals surface area contributed by atoms with Gasteiger partial charge in [0.25, 0.3) is 0 Å². The highest BCUT2D eigenvalue weighted by Crippen LogP contribution is 1.97. The number of amides is 1. The maximum absolute atomic E-state index is 10.0. The van der Waals surface area contributed by atoms with Crippen LogP contribution < -0.4 is 0 Å². The molecule has 0 aromatic carbocycles. The van der Waals surface area contributed by atoms with E-state index in [0.29, 0.717) is 6.17 Å². The van der Waals surface area contributed by atoms with Gasteiger partial charge in [0.15, 0.2) is 0 Å². The van der Waals surface area contributed by atoms with Gasteiger partial charge in [0, 0.05) is 32.7 Å². The smallest absolute Gasteiger partial charge is 0.209 e. The van der Waals surface area contributed by atoms with Crippen LogP contribution >= 0.6 is 11.1 Å². The maximum atomic E-state index is 10.0. The molecule has 6 heteroatoms. The van der Waals surface area contributed by atoms with E-state index in [1.165, 1.54) is 4.90 Å². The summed E-state index contributed by atoms with van der Waals surface area (Å²) in [5, 5.41) is 0. The largest absolute Gasteiger partial charge is 0.350 e. The van der Waals surface area contributed by atoms with Crippen molar-refractivity contribution in [1.29, 1.82) is 0 Å². The lowest BCUT2D eigenvalue weighted by molar-refractivity contribution is -0.116. The third-order valence-electron chi connectivity index (χ3n) is 0.647. The Labute approximate surface area is 66.7 Å². The van der Waals surface area contributed by atoms with Gasteiger partial charge in [-0.2, -0.15) is 11.1 Å². The minimum atomic E-state index is -1.96. The highest BCUT2D eigenvalue weighted by molar-refractivity contribution is 7.61.